The van der Waals surface area contributed by atoms with Crippen LogP contribution >= 0.6 is 0 Å². The van der Waals surface area contributed by atoms with Crippen molar-refractivity contribution in [2.75, 3.05) is 5.73 Å². The molecule has 3 N–H and O–H groups in total. The van der Waals surface area contributed by atoms with Crippen LogP contribution < -0.4 is 5.73 Å². The van der Waals surface area contributed by atoms with E-state index in [4.69, 9.17) is 5.73 Å². The van der Waals surface area contributed by atoms with Crippen LogP contribution in [0.4, 0.5) is 5.82 Å². The molecule has 0 saturated carbocycles. The van der Waals surface area contributed by atoms with E-state index in [1.54, 1.807) is 0 Å². The van der Waals surface area contributed by atoms with E-state index in [1.807, 2.05) is 6.92 Å². The Morgan fingerprint density at radius 1 is 1.67 bits per heavy atom. The minimum absolute atomic E-state index is 0.704. The zero-order chi connectivity index (χ0) is 6.85. The third-order valence-corrected chi connectivity index (χ3v) is 1.46. The van der Waals surface area contributed by atoms with Gasteiger partial charge in [0.15, 0.2) is 0 Å². The quantitative estimate of drug-likeness (QED) is 0.585. The minimum Gasteiger partial charge on any atom is -0.384 e. The van der Waals surface area contributed by atoms with Crippen molar-refractivity contribution in [2.24, 2.45) is 0 Å². The van der Waals surface area contributed by atoms with E-state index in [0.717, 1.165) is 17.7 Å². The van der Waals surface area contributed by atoms with Gasteiger partial charge in [-0.3, -0.25) is 5.10 Å². The Morgan fingerprint density at radius 3 is 2.56 bits per heavy atom. The first kappa shape index (κ1) is 6.13. The highest BCUT2D eigenvalue weighted by molar-refractivity contribution is 5.41. The van der Waals surface area contributed by atoms with Gasteiger partial charge in [0.05, 0.1) is 5.69 Å². The second-order valence-electron chi connectivity index (χ2n) is 2.05. The van der Waals surface area contributed by atoms with E-state index in [-0.39, 0.29) is 0 Å². The van der Waals surface area contributed by atoms with E-state index < -0.39 is 0 Å². The second-order valence-corrected chi connectivity index (χ2v) is 2.05. The van der Waals surface area contributed by atoms with Gasteiger partial charge >= 0.3 is 0 Å². The van der Waals surface area contributed by atoms with E-state index in [1.165, 1.54) is 0 Å². The molecule has 0 bridgehead atoms. The lowest BCUT2D eigenvalue weighted by molar-refractivity contribution is 1.04. The van der Waals surface area contributed by atoms with E-state index >= 15 is 0 Å². The maximum atomic E-state index is 5.53. The normalized spacial score (nSPS) is 10.0. The topological polar surface area (TPSA) is 54.7 Å². The summed E-state index contributed by atoms with van der Waals surface area (Å²) >= 11 is 0. The molecular formula is C6H11N3. The number of nitrogens with zero attached hydrogens (tertiary/aromatic N) is 1. The molecule has 1 aromatic rings. The summed E-state index contributed by atoms with van der Waals surface area (Å²) in [6, 6.07) is 0. The zero-order valence-electron chi connectivity index (χ0n) is 5.73. The SMILES string of the molecule is CCc1c(C)n[nH]c1N. The average Bonchev–Trinajstić information content (AvgIpc) is 2.12. The standard InChI is InChI=1S/C6H11N3/c1-3-5-4(2)8-9-6(5)7/h3H2,1-2H3,(H3,7,8,9). The summed E-state index contributed by atoms with van der Waals surface area (Å²) in [4.78, 5) is 0. The number of anilines is 1. The molecule has 0 aromatic carbocycles. The molecule has 1 rings (SSSR count). The first-order valence-electron chi connectivity index (χ1n) is 3.05. The Balaban J connectivity index is 3.07. The van der Waals surface area contributed by atoms with Crippen molar-refractivity contribution in [3.05, 3.63) is 11.3 Å². The highest BCUT2D eigenvalue weighted by atomic mass is 15.2. The second kappa shape index (κ2) is 2.09. The fourth-order valence-corrected chi connectivity index (χ4v) is 0.920. The van der Waals surface area contributed by atoms with Crippen LogP contribution in [-0.4, -0.2) is 10.2 Å². The highest BCUT2D eigenvalue weighted by Crippen LogP contribution is 2.11. The lowest BCUT2D eigenvalue weighted by Gasteiger charge is -1.90. The predicted molar refractivity (Wildman–Crippen MR) is 37.1 cm³/mol. The molecule has 0 unspecified atom stereocenters. The van der Waals surface area contributed by atoms with Gasteiger partial charge in [-0.1, -0.05) is 6.92 Å². The van der Waals surface area contributed by atoms with Gasteiger partial charge in [-0.2, -0.15) is 5.10 Å². The number of hydrogen-bond donors (Lipinski definition) is 2. The lowest BCUT2D eigenvalue weighted by Crippen LogP contribution is -1.89. The maximum absolute atomic E-state index is 5.53. The van der Waals surface area contributed by atoms with Crippen molar-refractivity contribution >= 4 is 5.82 Å². The number of nitrogens with two attached hydrogens (primary N) is 1. The summed E-state index contributed by atoms with van der Waals surface area (Å²) in [6.07, 6.45) is 0.953. The number of hydrogen-bond acceptors (Lipinski definition) is 2. The molecule has 1 aromatic heterocycles. The first-order chi connectivity index (χ1) is 4.25. The van der Waals surface area contributed by atoms with E-state index in [0.29, 0.717) is 5.82 Å². The molecule has 0 saturated heterocycles. The Hall–Kier alpha value is -0.990. The molecule has 3 nitrogen and oxygen atoms in total. The van der Waals surface area contributed by atoms with Gasteiger partial charge in [-0.05, 0) is 13.3 Å². The number of rotatable bonds is 1. The van der Waals surface area contributed by atoms with Gasteiger partial charge in [0.25, 0.3) is 0 Å². The summed E-state index contributed by atoms with van der Waals surface area (Å²) in [5, 5.41) is 6.65. The molecule has 0 radical (unpaired) electrons. The molecule has 0 amide bonds. The van der Waals surface area contributed by atoms with Crippen LogP contribution in [0.5, 0.6) is 0 Å². The summed E-state index contributed by atoms with van der Waals surface area (Å²) in [5.41, 5.74) is 7.68. The van der Waals surface area contributed by atoms with Crippen molar-refractivity contribution in [3.8, 4) is 0 Å². The minimum atomic E-state index is 0.704. The Bertz CT molecular complexity index is 183. The van der Waals surface area contributed by atoms with Crippen LogP contribution in [0, 0.1) is 6.92 Å². The third-order valence-electron chi connectivity index (χ3n) is 1.46. The molecule has 0 spiro atoms. The Morgan fingerprint density at radius 2 is 2.33 bits per heavy atom. The van der Waals surface area contributed by atoms with Gasteiger partial charge in [0, 0.05) is 5.56 Å². The van der Waals surface area contributed by atoms with Crippen LogP contribution in [0.3, 0.4) is 0 Å². The third kappa shape index (κ3) is 0.896. The molecule has 9 heavy (non-hydrogen) atoms. The van der Waals surface area contributed by atoms with Crippen molar-refractivity contribution in [3.63, 3.8) is 0 Å². The monoisotopic (exact) mass is 125 g/mol. The Labute approximate surface area is 54.3 Å². The van der Waals surface area contributed by atoms with Crippen molar-refractivity contribution in [2.45, 2.75) is 20.3 Å². The summed E-state index contributed by atoms with van der Waals surface area (Å²) in [6.45, 7) is 4.01. The number of aromatic nitrogens is 2. The van der Waals surface area contributed by atoms with Crippen LogP contribution in [0.25, 0.3) is 0 Å². The fourth-order valence-electron chi connectivity index (χ4n) is 0.920. The highest BCUT2D eigenvalue weighted by Gasteiger charge is 2.01. The molecule has 0 fully saturated rings. The molecular weight excluding hydrogens is 114 g/mol. The van der Waals surface area contributed by atoms with Gasteiger partial charge in [0.2, 0.25) is 0 Å². The van der Waals surface area contributed by atoms with Crippen molar-refractivity contribution < 1.29 is 0 Å². The number of nitrogens with one attached hydrogen (secondary N) is 1. The van der Waals surface area contributed by atoms with Crippen LogP contribution in [0.15, 0.2) is 0 Å². The zero-order valence-corrected chi connectivity index (χ0v) is 5.73. The number of nitrogen functional groups attached to an aromatic ring is 1. The van der Waals surface area contributed by atoms with Crippen LogP contribution in [-0.2, 0) is 6.42 Å². The smallest absolute Gasteiger partial charge is 0.122 e. The molecule has 50 valence electrons. The Kier molecular flexibility index (Phi) is 1.42. The summed E-state index contributed by atoms with van der Waals surface area (Å²) < 4.78 is 0. The molecule has 0 atom stereocenters. The van der Waals surface area contributed by atoms with Gasteiger partial charge < -0.3 is 5.73 Å². The van der Waals surface area contributed by atoms with Crippen LogP contribution in [0.1, 0.15) is 18.2 Å². The largest absolute Gasteiger partial charge is 0.384 e. The van der Waals surface area contributed by atoms with Gasteiger partial charge in [0.1, 0.15) is 5.82 Å². The van der Waals surface area contributed by atoms with E-state index in [2.05, 4.69) is 17.1 Å². The van der Waals surface area contributed by atoms with Crippen LogP contribution in [0.2, 0.25) is 0 Å². The van der Waals surface area contributed by atoms with Gasteiger partial charge in [-0.25, -0.2) is 0 Å². The molecule has 3 heteroatoms. The van der Waals surface area contributed by atoms with Gasteiger partial charge in [-0.15, -0.1) is 0 Å². The van der Waals surface area contributed by atoms with Crippen molar-refractivity contribution in [1.82, 2.24) is 10.2 Å². The number of aryl methyl sites for hydroxylation is 1. The van der Waals surface area contributed by atoms with Crippen molar-refractivity contribution in [1.29, 1.82) is 0 Å². The fraction of sp³-hybridized carbons (Fsp3) is 0.500. The number of H-pyrrole nitrogens is 1. The summed E-state index contributed by atoms with van der Waals surface area (Å²) in [5.74, 6) is 0.704. The molecule has 1 heterocycles. The lowest BCUT2D eigenvalue weighted by atomic mass is 10.2. The first-order valence-corrected chi connectivity index (χ1v) is 3.05. The summed E-state index contributed by atoms with van der Waals surface area (Å²) in [7, 11) is 0. The molecule has 0 aliphatic rings. The average molecular weight is 125 g/mol. The number of aromatic amines is 1. The molecule has 0 aliphatic carbocycles. The maximum Gasteiger partial charge on any atom is 0.122 e. The molecule has 0 aliphatic heterocycles. The van der Waals surface area contributed by atoms with E-state index in [9.17, 15) is 0 Å². The predicted octanol–water partition coefficient (Wildman–Crippen LogP) is 0.863.